The predicted molar refractivity (Wildman–Crippen MR) is 72.2 cm³/mol. The van der Waals surface area contributed by atoms with Crippen molar-refractivity contribution in [3.63, 3.8) is 0 Å². The molecule has 0 unspecified atom stereocenters. The van der Waals surface area contributed by atoms with Crippen molar-refractivity contribution in [1.82, 2.24) is 4.98 Å². The van der Waals surface area contributed by atoms with Gasteiger partial charge in [0.1, 0.15) is 5.56 Å². The van der Waals surface area contributed by atoms with E-state index in [9.17, 15) is 24.8 Å². The molecule has 2 aromatic rings. The molecule has 1 aromatic carbocycles. The number of aryl methyl sites for hydroxylation is 1. The number of nitrogens with one attached hydrogen (secondary N) is 1. The Morgan fingerprint density at radius 2 is 2.10 bits per heavy atom. The normalized spacial score (nSPS) is 10.1. The molecule has 0 atom stereocenters. The number of hydrogen-bond acceptors (Lipinski definition) is 7. The third kappa shape index (κ3) is 3.03. The van der Waals surface area contributed by atoms with E-state index < -0.39 is 33.6 Å². The molecule has 0 bridgehead atoms. The van der Waals surface area contributed by atoms with Crippen molar-refractivity contribution in [1.29, 1.82) is 0 Å². The molecule has 1 amide bonds. The minimum absolute atomic E-state index is 0.222. The number of thiazole rings is 1. The summed E-state index contributed by atoms with van der Waals surface area (Å²) in [6, 6.07) is 3.30. The van der Waals surface area contributed by atoms with E-state index in [4.69, 9.17) is 0 Å². The van der Waals surface area contributed by atoms with Crippen LogP contribution in [-0.4, -0.2) is 21.8 Å². The Balaban J connectivity index is 2.47. The average molecular weight is 306 g/mol. The average Bonchev–Trinajstić information content (AvgIpc) is 2.82. The van der Waals surface area contributed by atoms with Gasteiger partial charge in [-0.1, -0.05) is 12.1 Å². The molecule has 0 saturated carbocycles. The van der Waals surface area contributed by atoms with E-state index in [-0.39, 0.29) is 5.13 Å². The number of nitro groups is 1. The molecular weight excluding hydrogens is 298 g/mol. The highest BCUT2D eigenvalue weighted by atomic mass is 32.1. The number of amides is 1. The van der Waals surface area contributed by atoms with Crippen LogP contribution >= 0.6 is 11.3 Å². The first-order valence-corrected chi connectivity index (χ1v) is 6.50. The van der Waals surface area contributed by atoms with E-state index in [0.29, 0.717) is 5.69 Å². The van der Waals surface area contributed by atoms with Crippen LogP contribution < -0.4 is 10.4 Å². The third-order valence-electron chi connectivity index (χ3n) is 2.53. The van der Waals surface area contributed by atoms with Gasteiger partial charge >= 0.3 is 0 Å². The fraction of sp³-hybridized carbons (Fsp3) is 0.0833. The van der Waals surface area contributed by atoms with Gasteiger partial charge in [-0.3, -0.25) is 20.2 Å². The van der Waals surface area contributed by atoms with Gasteiger partial charge in [-0.15, -0.1) is 11.3 Å². The molecule has 21 heavy (non-hydrogen) atoms. The van der Waals surface area contributed by atoms with Crippen molar-refractivity contribution in [3.05, 3.63) is 50.5 Å². The molecule has 8 nitrogen and oxygen atoms in total. The monoisotopic (exact) mass is 306 g/mol. The Morgan fingerprint density at radius 1 is 1.38 bits per heavy atom. The Hall–Kier alpha value is -2.81. The summed E-state index contributed by atoms with van der Waals surface area (Å²) < 4.78 is 0. The smallest absolute Gasteiger partial charge is 0.282 e. The van der Waals surface area contributed by atoms with Gasteiger partial charge in [-0.25, -0.2) is 4.98 Å². The van der Waals surface area contributed by atoms with E-state index in [1.54, 1.807) is 12.3 Å². The van der Waals surface area contributed by atoms with Gasteiger partial charge in [0.25, 0.3) is 11.6 Å². The van der Waals surface area contributed by atoms with Crippen LogP contribution in [0.1, 0.15) is 26.4 Å². The fourth-order valence-electron chi connectivity index (χ4n) is 1.67. The zero-order valence-electron chi connectivity index (χ0n) is 10.7. The maximum atomic E-state index is 12.1. The van der Waals surface area contributed by atoms with Gasteiger partial charge in [0.15, 0.2) is 5.13 Å². The van der Waals surface area contributed by atoms with Gasteiger partial charge in [0.2, 0.25) is 0 Å². The summed E-state index contributed by atoms with van der Waals surface area (Å²) in [6.45, 7) is 1.71. The van der Waals surface area contributed by atoms with Crippen molar-refractivity contribution in [2.24, 2.45) is 0 Å². The number of aromatic carboxylic acids is 1. The van der Waals surface area contributed by atoms with Crippen molar-refractivity contribution < 1.29 is 19.6 Å². The minimum atomic E-state index is -1.67. The predicted octanol–water partition coefficient (Wildman–Crippen LogP) is 0.976. The second kappa shape index (κ2) is 5.67. The molecular formula is C12H8N3O5S-. The fourth-order valence-corrected chi connectivity index (χ4v) is 2.36. The summed E-state index contributed by atoms with van der Waals surface area (Å²) in [5.74, 6) is -2.59. The van der Waals surface area contributed by atoms with Crippen LogP contribution in [0.15, 0.2) is 23.6 Å². The number of nitro benzene ring substituents is 1. The van der Waals surface area contributed by atoms with E-state index >= 15 is 0 Å². The lowest BCUT2D eigenvalue weighted by molar-refractivity contribution is -0.385. The van der Waals surface area contributed by atoms with E-state index in [1.807, 2.05) is 0 Å². The summed E-state index contributed by atoms with van der Waals surface area (Å²) in [4.78, 5) is 37.3. The lowest BCUT2D eigenvalue weighted by Crippen LogP contribution is -2.27. The van der Waals surface area contributed by atoms with Crippen molar-refractivity contribution >= 4 is 34.0 Å². The molecule has 1 heterocycles. The number of carbonyl (C=O) groups excluding carboxylic acids is 2. The largest absolute Gasteiger partial charge is 0.545 e. The standard InChI is InChI=1S/C12H9N3O5S/c1-6-5-21-12(13-6)14-10(16)9-7(11(17)18)3-2-4-8(9)15(19)20/h2-5H,1H3,(H,17,18)(H,13,14,16)/p-1. The molecule has 1 aromatic heterocycles. The summed E-state index contributed by atoms with van der Waals surface area (Å²) in [6.07, 6.45) is 0. The van der Waals surface area contributed by atoms with Gasteiger partial charge in [0.05, 0.1) is 16.6 Å². The number of carbonyl (C=O) groups is 2. The van der Waals surface area contributed by atoms with Crippen LogP contribution in [0.3, 0.4) is 0 Å². The Labute approximate surface area is 122 Å². The second-order valence-corrected chi connectivity index (χ2v) is 4.85. The van der Waals surface area contributed by atoms with Gasteiger partial charge in [-0.2, -0.15) is 0 Å². The Bertz CT molecular complexity index is 708. The van der Waals surface area contributed by atoms with Gasteiger partial charge in [-0.05, 0) is 6.92 Å². The molecule has 0 radical (unpaired) electrons. The number of anilines is 1. The maximum Gasteiger partial charge on any atom is 0.282 e. The molecule has 0 spiro atoms. The first-order valence-electron chi connectivity index (χ1n) is 5.62. The van der Waals surface area contributed by atoms with Crippen LogP contribution in [0.25, 0.3) is 0 Å². The molecule has 0 aliphatic heterocycles. The van der Waals surface area contributed by atoms with Crippen LogP contribution in [0, 0.1) is 17.0 Å². The highest BCUT2D eigenvalue weighted by Crippen LogP contribution is 2.24. The van der Waals surface area contributed by atoms with E-state index in [2.05, 4.69) is 10.3 Å². The lowest BCUT2D eigenvalue weighted by Gasteiger charge is -2.09. The summed E-state index contributed by atoms with van der Waals surface area (Å²) in [5, 5.41) is 26.2. The third-order valence-corrected chi connectivity index (χ3v) is 3.40. The SMILES string of the molecule is Cc1csc(NC(=O)c2c(C(=O)[O-])cccc2[N+](=O)[O-])n1. The zero-order chi connectivity index (χ0) is 15.6. The Kier molecular flexibility index (Phi) is 3.94. The maximum absolute atomic E-state index is 12.1. The van der Waals surface area contributed by atoms with Crippen LogP contribution in [0.5, 0.6) is 0 Å². The van der Waals surface area contributed by atoms with Crippen LogP contribution in [-0.2, 0) is 0 Å². The van der Waals surface area contributed by atoms with Gasteiger partial charge in [0, 0.05) is 17.0 Å². The minimum Gasteiger partial charge on any atom is -0.545 e. The number of hydrogen-bond donors (Lipinski definition) is 1. The second-order valence-electron chi connectivity index (χ2n) is 3.99. The van der Waals surface area contributed by atoms with Crippen molar-refractivity contribution in [2.45, 2.75) is 6.92 Å². The molecule has 0 fully saturated rings. The quantitative estimate of drug-likeness (QED) is 0.662. The van der Waals surface area contributed by atoms with Crippen LogP contribution in [0.2, 0.25) is 0 Å². The molecule has 2 rings (SSSR count). The number of nitrogens with zero attached hydrogens (tertiary/aromatic N) is 2. The van der Waals surface area contributed by atoms with E-state index in [1.165, 1.54) is 6.07 Å². The Morgan fingerprint density at radius 3 is 2.62 bits per heavy atom. The summed E-state index contributed by atoms with van der Waals surface area (Å²) in [7, 11) is 0. The highest BCUT2D eigenvalue weighted by molar-refractivity contribution is 7.13. The molecule has 9 heteroatoms. The number of benzene rings is 1. The number of rotatable bonds is 4. The first kappa shape index (κ1) is 14.6. The number of carboxylic acids is 1. The lowest BCUT2D eigenvalue weighted by atomic mass is 10.0. The van der Waals surface area contributed by atoms with Gasteiger partial charge < -0.3 is 9.90 Å². The van der Waals surface area contributed by atoms with Crippen molar-refractivity contribution in [3.8, 4) is 0 Å². The van der Waals surface area contributed by atoms with Crippen LogP contribution in [0.4, 0.5) is 10.8 Å². The number of carboxylic acid groups (broad SMARTS) is 1. The molecule has 108 valence electrons. The number of aromatic nitrogens is 1. The molecule has 0 aliphatic rings. The molecule has 0 aliphatic carbocycles. The van der Waals surface area contributed by atoms with Crippen molar-refractivity contribution in [2.75, 3.05) is 5.32 Å². The molecule has 1 N–H and O–H groups in total. The van der Waals surface area contributed by atoms with E-state index in [0.717, 1.165) is 23.5 Å². The topological polar surface area (TPSA) is 125 Å². The molecule has 0 saturated heterocycles. The summed E-state index contributed by atoms with van der Waals surface area (Å²) in [5.41, 5.74) is -1.05. The zero-order valence-corrected chi connectivity index (χ0v) is 11.5. The summed E-state index contributed by atoms with van der Waals surface area (Å²) >= 11 is 1.13. The highest BCUT2D eigenvalue weighted by Gasteiger charge is 2.25. The first-order chi connectivity index (χ1) is 9.90.